The molecule has 0 spiro atoms. The molecule has 0 aliphatic heterocycles. The molecule has 0 N–H and O–H groups in total. The Kier molecular flexibility index (Phi) is 4.80. The van der Waals surface area contributed by atoms with E-state index in [0.29, 0.717) is 0 Å². The van der Waals surface area contributed by atoms with Gasteiger partial charge in [-0.1, -0.05) is 13.8 Å². The number of rotatable bonds is 1. The van der Waals surface area contributed by atoms with Gasteiger partial charge in [-0.15, -0.1) is 46.2 Å². The van der Waals surface area contributed by atoms with Crippen LogP contribution in [0, 0.1) is 0 Å². The van der Waals surface area contributed by atoms with Gasteiger partial charge in [-0.3, -0.25) is 0 Å². The molecule has 0 nitrogen and oxygen atoms in total. The molecular formula is C9H16BP5. The van der Waals surface area contributed by atoms with Crippen LogP contribution in [0.15, 0.2) is 0 Å². The minimum atomic E-state index is -0.330. The average Bonchev–Trinajstić information content (AvgIpc) is 2.09. The standard InChI is InChI=1S/C9H16BP5/c1-9(2,10)3-4(11)6(13)8(15)7(14)5(3)12/h11-15H2,1-2H3. The molecule has 0 saturated heterocycles. The molecule has 0 heterocycles. The topological polar surface area (TPSA) is 0 Å². The highest BCUT2D eigenvalue weighted by Crippen LogP contribution is 2.19. The van der Waals surface area contributed by atoms with E-state index < -0.39 is 0 Å². The molecule has 2 radical (unpaired) electrons. The van der Waals surface area contributed by atoms with Crippen LogP contribution in [0.3, 0.4) is 0 Å². The van der Waals surface area contributed by atoms with Gasteiger partial charge in [0.05, 0.1) is 7.85 Å². The lowest BCUT2D eigenvalue weighted by molar-refractivity contribution is 0.777. The zero-order chi connectivity index (χ0) is 12.0. The minimum absolute atomic E-state index is 0.330. The summed E-state index contributed by atoms with van der Waals surface area (Å²) in [6.45, 7) is 4.06. The molecule has 0 aromatic heterocycles. The number of hydrogen-bond donors (Lipinski definition) is 0. The Hall–Kier alpha value is 1.43. The van der Waals surface area contributed by atoms with Crippen molar-refractivity contribution in [1.82, 2.24) is 0 Å². The SMILES string of the molecule is [B]C(C)(C)c1c(P)c(P)c(P)c(P)c1P. The summed E-state index contributed by atoms with van der Waals surface area (Å²) >= 11 is 0. The van der Waals surface area contributed by atoms with Gasteiger partial charge >= 0.3 is 0 Å². The van der Waals surface area contributed by atoms with Crippen LogP contribution in [-0.4, -0.2) is 7.85 Å². The molecule has 80 valence electrons. The van der Waals surface area contributed by atoms with E-state index in [2.05, 4.69) is 46.2 Å². The van der Waals surface area contributed by atoms with Gasteiger partial charge in [-0.25, -0.2) is 0 Å². The van der Waals surface area contributed by atoms with E-state index in [4.69, 9.17) is 7.85 Å². The molecule has 0 saturated carbocycles. The first-order valence-corrected chi connectivity index (χ1v) is 7.37. The quantitative estimate of drug-likeness (QED) is 0.487. The fraction of sp³-hybridized carbons (Fsp3) is 0.333. The molecule has 6 heteroatoms. The van der Waals surface area contributed by atoms with Crippen LogP contribution in [0.5, 0.6) is 0 Å². The fourth-order valence-electron chi connectivity index (χ4n) is 1.54. The van der Waals surface area contributed by atoms with Crippen molar-refractivity contribution in [2.75, 3.05) is 0 Å². The van der Waals surface area contributed by atoms with E-state index in [1.54, 1.807) is 0 Å². The molecular weight excluding hydrogens is 274 g/mol. The van der Waals surface area contributed by atoms with Crippen molar-refractivity contribution in [2.45, 2.75) is 19.2 Å². The van der Waals surface area contributed by atoms with E-state index in [9.17, 15) is 0 Å². The molecule has 5 unspecified atom stereocenters. The van der Waals surface area contributed by atoms with Crippen molar-refractivity contribution in [3.63, 3.8) is 0 Å². The second-order valence-electron chi connectivity index (χ2n) is 4.17. The molecule has 0 fully saturated rings. The summed E-state index contributed by atoms with van der Waals surface area (Å²) < 4.78 is 0. The van der Waals surface area contributed by atoms with E-state index in [0.717, 1.165) is 0 Å². The van der Waals surface area contributed by atoms with Gasteiger partial charge in [-0.2, -0.15) is 0 Å². The molecule has 0 aliphatic carbocycles. The van der Waals surface area contributed by atoms with Crippen LogP contribution in [0.25, 0.3) is 0 Å². The summed E-state index contributed by atoms with van der Waals surface area (Å²) in [5.74, 6) is 0. The first-order chi connectivity index (χ1) is 6.68. The third-order valence-electron chi connectivity index (χ3n) is 2.34. The summed E-state index contributed by atoms with van der Waals surface area (Å²) in [4.78, 5) is 0. The van der Waals surface area contributed by atoms with Gasteiger partial charge in [-0.05, 0) is 37.4 Å². The van der Waals surface area contributed by atoms with Gasteiger partial charge < -0.3 is 0 Å². The van der Waals surface area contributed by atoms with Crippen molar-refractivity contribution in [3.05, 3.63) is 5.56 Å². The van der Waals surface area contributed by atoms with E-state index >= 15 is 0 Å². The highest BCUT2D eigenvalue weighted by Gasteiger charge is 2.22. The maximum atomic E-state index is 6.19. The van der Waals surface area contributed by atoms with Crippen LogP contribution >= 0.6 is 46.2 Å². The van der Waals surface area contributed by atoms with Crippen molar-refractivity contribution in [3.8, 4) is 0 Å². The molecule has 0 bridgehead atoms. The van der Waals surface area contributed by atoms with Gasteiger partial charge in [0.1, 0.15) is 0 Å². The zero-order valence-electron chi connectivity index (χ0n) is 8.96. The van der Waals surface area contributed by atoms with Crippen LogP contribution in [-0.2, 0) is 5.31 Å². The van der Waals surface area contributed by atoms with Crippen LogP contribution in [0.1, 0.15) is 19.4 Å². The van der Waals surface area contributed by atoms with Crippen LogP contribution in [0.2, 0.25) is 0 Å². The zero-order valence-corrected chi connectivity index (χ0v) is 14.7. The van der Waals surface area contributed by atoms with E-state index in [-0.39, 0.29) is 5.31 Å². The highest BCUT2D eigenvalue weighted by atomic mass is 31.0. The van der Waals surface area contributed by atoms with Gasteiger partial charge in [0.15, 0.2) is 0 Å². The van der Waals surface area contributed by atoms with Gasteiger partial charge in [0.2, 0.25) is 0 Å². The number of hydrogen-bond acceptors (Lipinski definition) is 0. The molecule has 5 atom stereocenters. The normalized spacial score (nSPS) is 11.9. The minimum Gasteiger partial charge on any atom is -0.105 e. The molecule has 0 amide bonds. The smallest absolute Gasteiger partial charge is 0.0803 e. The van der Waals surface area contributed by atoms with E-state index in [1.165, 1.54) is 32.1 Å². The monoisotopic (exact) mass is 290 g/mol. The first kappa shape index (κ1) is 14.5. The predicted molar refractivity (Wildman–Crippen MR) is 91.9 cm³/mol. The second kappa shape index (κ2) is 4.97. The summed E-state index contributed by atoms with van der Waals surface area (Å²) in [7, 11) is 20.1. The van der Waals surface area contributed by atoms with Crippen LogP contribution < -0.4 is 26.5 Å². The predicted octanol–water partition coefficient (Wildman–Crippen LogP) is -0.408. The molecule has 1 rings (SSSR count). The molecule has 0 aliphatic rings. The summed E-state index contributed by atoms with van der Waals surface area (Å²) in [5, 5.41) is 5.60. The lowest BCUT2D eigenvalue weighted by atomic mass is 9.67. The Balaban J connectivity index is 3.68. The molecule has 1 aromatic carbocycles. The molecule has 1 aromatic rings. The lowest BCUT2D eigenvalue weighted by Crippen LogP contribution is -2.46. The first-order valence-electron chi connectivity index (χ1n) is 4.48. The van der Waals surface area contributed by atoms with Gasteiger partial charge in [0.25, 0.3) is 0 Å². The van der Waals surface area contributed by atoms with Crippen molar-refractivity contribution >= 4 is 80.6 Å². The average molecular weight is 290 g/mol. The van der Waals surface area contributed by atoms with Crippen molar-refractivity contribution in [2.24, 2.45) is 0 Å². The summed E-state index contributed by atoms with van der Waals surface area (Å²) in [5.41, 5.74) is 1.18. The lowest BCUT2D eigenvalue weighted by Gasteiger charge is -2.28. The Morgan fingerprint density at radius 3 is 1.27 bits per heavy atom. The largest absolute Gasteiger partial charge is 0.105 e. The molecule has 15 heavy (non-hydrogen) atoms. The van der Waals surface area contributed by atoms with Gasteiger partial charge in [0, 0.05) is 0 Å². The van der Waals surface area contributed by atoms with Crippen molar-refractivity contribution < 1.29 is 0 Å². The Labute approximate surface area is 105 Å². The maximum Gasteiger partial charge on any atom is 0.0803 e. The highest BCUT2D eigenvalue weighted by molar-refractivity contribution is 7.45. The second-order valence-corrected chi connectivity index (χ2v) is 7.05. The number of benzene rings is 1. The fourth-order valence-corrected chi connectivity index (χ4v) is 4.49. The Morgan fingerprint density at radius 2 is 1.00 bits per heavy atom. The maximum absolute atomic E-state index is 6.19. The Morgan fingerprint density at radius 1 is 0.733 bits per heavy atom. The van der Waals surface area contributed by atoms with E-state index in [1.807, 2.05) is 13.8 Å². The van der Waals surface area contributed by atoms with Crippen LogP contribution in [0.4, 0.5) is 0 Å². The third kappa shape index (κ3) is 2.82. The van der Waals surface area contributed by atoms with Crippen molar-refractivity contribution in [1.29, 1.82) is 0 Å². The Bertz CT molecular complexity index is 379. The summed E-state index contributed by atoms with van der Waals surface area (Å²) in [6.07, 6.45) is 0. The summed E-state index contributed by atoms with van der Waals surface area (Å²) in [6, 6.07) is 0. The third-order valence-corrected chi connectivity index (χ3v) is 6.74.